The van der Waals surface area contributed by atoms with Crippen molar-refractivity contribution in [1.82, 2.24) is 4.31 Å². The molecule has 120 valence electrons. The number of hydrogen-bond acceptors (Lipinski definition) is 1. The largest absolute Gasteiger partial charge is 0.245 e. The van der Waals surface area contributed by atoms with Gasteiger partial charge < -0.3 is 0 Å². The van der Waals surface area contributed by atoms with Crippen LogP contribution in [0.4, 0.5) is 0 Å². The summed E-state index contributed by atoms with van der Waals surface area (Å²) in [5, 5.41) is 0. The van der Waals surface area contributed by atoms with E-state index in [0.717, 1.165) is 11.1 Å². The average Bonchev–Trinajstić information content (AvgIpc) is 2.55. The normalized spacial score (nSPS) is 13.5. The third-order valence-corrected chi connectivity index (χ3v) is 5.28. The third kappa shape index (κ3) is 4.86. The molecule has 2 rings (SSSR count). The molecule has 0 saturated carbocycles. The Morgan fingerprint density at radius 2 is 1.52 bits per heavy atom. The lowest BCUT2D eigenvalue weighted by Crippen LogP contribution is -2.38. The summed E-state index contributed by atoms with van der Waals surface area (Å²) in [5.41, 5.74) is 10.9. The molecule has 0 radical (unpaired) electrons. The molecule has 0 N–H and O–H groups in total. The van der Waals surface area contributed by atoms with Crippen LogP contribution in [0.25, 0.3) is 10.4 Å². The Morgan fingerprint density at radius 1 is 1.09 bits per heavy atom. The molecule has 2 aromatic rings. The molecular weight excluding hydrogens is 308 g/mol. The van der Waals surface area contributed by atoms with Crippen molar-refractivity contribution in [3.05, 3.63) is 82.2 Å². The van der Waals surface area contributed by atoms with Gasteiger partial charge in [0, 0.05) is 15.5 Å². The summed E-state index contributed by atoms with van der Waals surface area (Å²) in [6.45, 7) is 0. The minimum atomic E-state index is -3.01. The van der Waals surface area contributed by atoms with Crippen LogP contribution in [0.1, 0.15) is 11.1 Å². The van der Waals surface area contributed by atoms with Crippen molar-refractivity contribution in [2.75, 3.05) is 7.05 Å². The van der Waals surface area contributed by atoms with E-state index < -0.39 is 9.89 Å². The molecule has 0 aliphatic heterocycles. The molecule has 0 bridgehead atoms. The van der Waals surface area contributed by atoms with E-state index in [1.807, 2.05) is 60.7 Å². The van der Waals surface area contributed by atoms with Crippen molar-refractivity contribution in [1.29, 1.82) is 0 Å². The molecule has 0 heterocycles. The standard InChI is InChI=1S/C17H20N4OS/c1-21(23(2,22)20-19-18)17(13-15-9-5-3-6-10-15)14-16-11-7-4-8-12-16/h3-12,17H,2,13-14H2,1H3. The highest BCUT2D eigenvalue weighted by molar-refractivity contribution is 7.96. The Kier molecular flexibility index (Phi) is 5.82. The van der Waals surface area contributed by atoms with E-state index in [1.165, 1.54) is 0 Å². The first kappa shape index (κ1) is 17.1. The van der Waals surface area contributed by atoms with Crippen LogP contribution < -0.4 is 0 Å². The fourth-order valence-corrected chi connectivity index (χ4v) is 3.29. The van der Waals surface area contributed by atoms with Gasteiger partial charge in [0.2, 0.25) is 0 Å². The highest BCUT2D eigenvalue weighted by Gasteiger charge is 2.22. The topological polar surface area (TPSA) is 69.1 Å². The van der Waals surface area contributed by atoms with Crippen molar-refractivity contribution in [3.63, 3.8) is 0 Å². The summed E-state index contributed by atoms with van der Waals surface area (Å²) in [7, 11) is -1.31. The van der Waals surface area contributed by atoms with Gasteiger partial charge in [-0.3, -0.25) is 0 Å². The van der Waals surface area contributed by atoms with Gasteiger partial charge in [-0.15, -0.1) is 0 Å². The molecule has 0 aliphatic rings. The zero-order valence-electron chi connectivity index (χ0n) is 13.1. The van der Waals surface area contributed by atoms with Crippen LogP contribution in [0.3, 0.4) is 0 Å². The van der Waals surface area contributed by atoms with Gasteiger partial charge in [0.1, 0.15) is 9.89 Å². The van der Waals surface area contributed by atoms with Crippen molar-refractivity contribution in [2.45, 2.75) is 18.9 Å². The predicted octanol–water partition coefficient (Wildman–Crippen LogP) is 3.63. The van der Waals surface area contributed by atoms with Gasteiger partial charge in [0.05, 0.1) is 0 Å². The Morgan fingerprint density at radius 3 is 1.91 bits per heavy atom. The summed E-state index contributed by atoms with van der Waals surface area (Å²) >= 11 is 0. The lowest BCUT2D eigenvalue weighted by Gasteiger charge is -2.28. The molecule has 1 atom stereocenters. The number of benzene rings is 2. The first-order valence-electron chi connectivity index (χ1n) is 7.27. The molecular formula is C17H20N4OS. The van der Waals surface area contributed by atoms with Gasteiger partial charge in [0.25, 0.3) is 0 Å². The second-order valence-corrected chi connectivity index (χ2v) is 7.31. The summed E-state index contributed by atoms with van der Waals surface area (Å²) in [5.74, 6) is 3.60. The second-order valence-electron chi connectivity index (χ2n) is 5.36. The number of hydrogen-bond donors (Lipinski definition) is 0. The van der Waals surface area contributed by atoms with E-state index in [4.69, 9.17) is 5.53 Å². The molecule has 0 fully saturated rings. The van der Waals surface area contributed by atoms with E-state index in [0.29, 0.717) is 12.8 Å². The Balaban J connectivity index is 2.29. The molecule has 6 heteroatoms. The molecule has 0 aromatic heterocycles. The van der Waals surface area contributed by atoms with Crippen LogP contribution >= 0.6 is 0 Å². The van der Waals surface area contributed by atoms with E-state index in [2.05, 4.69) is 15.3 Å². The van der Waals surface area contributed by atoms with Crippen LogP contribution in [-0.4, -0.2) is 27.5 Å². The van der Waals surface area contributed by atoms with Gasteiger partial charge in [-0.25, -0.2) is 8.51 Å². The first-order valence-corrected chi connectivity index (χ1v) is 8.91. The van der Waals surface area contributed by atoms with E-state index in [-0.39, 0.29) is 6.04 Å². The molecule has 1 unspecified atom stereocenters. The third-order valence-electron chi connectivity index (χ3n) is 3.76. The summed E-state index contributed by atoms with van der Waals surface area (Å²) in [6.07, 6.45) is 1.39. The van der Waals surface area contributed by atoms with Crippen molar-refractivity contribution in [3.8, 4) is 0 Å². The summed E-state index contributed by atoms with van der Waals surface area (Å²) in [4.78, 5) is 2.67. The number of nitrogens with zero attached hydrogens (tertiary/aromatic N) is 4. The van der Waals surface area contributed by atoms with Crippen LogP contribution in [0, 0.1) is 0 Å². The maximum absolute atomic E-state index is 12.5. The molecule has 23 heavy (non-hydrogen) atoms. The lowest BCUT2D eigenvalue weighted by atomic mass is 9.99. The maximum Gasteiger partial charge on any atom is 0.113 e. The first-order chi connectivity index (χ1) is 11.0. The molecule has 2 aromatic carbocycles. The zero-order chi connectivity index (χ0) is 16.7. The number of likely N-dealkylation sites (N-methyl/N-ethyl adjacent to an activating group) is 1. The average molecular weight is 328 g/mol. The maximum atomic E-state index is 12.5. The smallest absolute Gasteiger partial charge is 0.113 e. The van der Waals surface area contributed by atoms with Gasteiger partial charge in [0.15, 0.2) is 0 Å². The predicted molar refractivity (Wildman–Crippen MR) is 96.3 cm³/mol. The Hall–Kier alpha value is -2.27. The monoisotopic (exact) mass is 328 g/mol. The Bertz CT molecular complexity index is 727. The highest BCUT2D eigenvalue weighted by atomic mass is 32.2. The van der Waals surface area contributed by atoms with E-state index in [1.54, 1.807) is 11.4 Å². The van der Waals surface area contributed by atoms with Crippen LogP contribution in [-0.2, 0) is 22.7 Å². The molecule has 0 spiro atoms. The minimum Gasteiger partial charge on any atom is -0.245 e. The molecule has 0 saturated heterocycles. The fraction of sp³-hybridized carbons (Fsp3) is 0.235. The summed E-state index contributed by atoms with van der Waals surface area (Å²) < 4.78 is 17.5. The zero-order valence-corrected chi connectivity index (χ0v) is 13.9. The van der Waals surface area contributed by atoms with Crippen LogP contribution in [0.2, 0.25) is 0 Å². The number of rotatable bonds is 7. The van der Waals surface area contributed by atoms with E-state index >= 15 is 0 Å². The van der Waals surface area contributed by atoms with Gasteiger partial charge in [-0.05, 0) is 42.4 Å². The second kappa shape index (κ2) is 7.83. The highest BCUT2D eigenvalue weighted by Crippen LogP contribution is 2.17. The van der Waals surface area contributed by atoms with Gasteiger partial charge >= 0.3 is 0 Å². The summed E-state index contributed by atoms with van der Waals surface area (Å²) in [6, 6.07) is 19.9. The lowest BCUT2D eigenvalue weighted by molar-refractivity contribution is 0.383. The van der Waals surface area contributed by atoms with Crippen molar-refractivity contribution in [2.24, 2.45) is 4.52 Å². The van der Waals surface area contributed by atoms with Crippen molar-refractivity contribution < 1.29 is 4.21 Å². The fourth-order valence-electron chi connectivity index (χ4n) is 2.45. The SMILES string of the molecule is C=S(=O)(N=[N+]=[N-])N(C)C(Cc1ccccc1)Cc1ccccc1. The number of azide groups is 1. The van der Waals surface area contributed by atoms with Gasteiger partial charge in [-0.2, -0.15) is 0 Å². The van der Waals surface area contributed by atoms with Gasteiger partial charge in [-0.1, -0.05) is 60.7 Å². The van der Waals surface area contributed by atoms with Crippen LogP contribution in [0.15, 0.2) is 65.2 Å². The quantitative estimate of drug-likeness (QED) is 0.331. The molecule has 5 nitrogen and oxygen atoms in total. The minimum absolute atomic E-state index is 0.0877. The van der Waals surface area contributed by atoms with Crippen molar-refractivity contribution >= 4 is 15.8 Å². The molecule has 0 aliphatic carbocycles. The van der Waals surface area contributed by atoms with Crippen LogP contribution in [0.5, 0.6) is 0 Å². The van der Waals surface area contributed by atoms with E-state index in [9.17, 15) is 4.21 Å². The molecule has 0 amide bonds. The Labute approximate surface area is 137 Å².